The summed E-state index contributed by atoms with van der Waals surface area (Å²) in [7, 11) is 0. The monoisotopic (exact) mass is 436 g/mol. The van der Waals surface area contributed by atoms with Gasteiger partial charge in [0, 0.05) is 16.5 Å². The summed E-state index contributed by atoms with van der Waals surface area (Å²) >= 11 is 0. The molecule has 4 aromatic rings. The van der Waals surface area contributed by atoms with Crippen molar-refractivity contribution in [3.8, 4) is 11.8 Å². The average molecular weight is 436 g/mol. The fourth-order valence-electron chi connectivity index (χ4n) is 3.08. The van der Waals surface area contributed by atoms with Crippen LogP contribution in [0, 0.1) is 11.3 Å². The number of hydrogen-bond donors (Lipinski definition) is 2. The second-order valence-electron chi connectivity index (χ2n) is 6.87. The molecular formula is C23H15F3N4O2. The van der Waals surface area contributed by atoms with E-state index in [0.29, 0.717) is 22.2 Å². The van der Waals surface area contributed by atoms with E-state index >= 15 is 0 Å². The van der Waals surface area contributed by atoms with Gasteiger partial charge in [-0.15, -0.1) is 0 Å². The Morgan fingerprint density at radius 1 is 1.09 bits per heavy atom. The first-order valence-electron chi connectivity index (χ1n) is 9.42. The van der Waals surface area contributed by atoms with E-state index < -0.39 is 17.6 Å². The van der Waals surface area contributed by atoms with E-state index in [1.807, 2.05) is 6.07 Å². The van der Waals surface area contributed by atoms with Crippen LogP contribution in [0.4, 0.5) is 19.0 Å². The number of aromatic nitrogens is 2. The van der Waals surface area contributed by atoms with Crippen molar-refractivity contribution in [2.75, 3.05) is 5.32 Å². The highest BCUT2D eigenvalue weighted by Gasteiger charge is 2.30. The second-order valence-corrected chi connectivity index (χ2v) is 6.87. The first-order chi connectivity index (χ1) is 15.3. The Kier molecular flexibility index (Phi) is 5.52. The number of carbonyl (C=O) groups excluding carboxylic acids is 1. The van der Waals surface area contributed by atoms with Crippen molar-refractivity contribution >= 4 is 22.6 Å². The molecule has 0 saturated heterocycles. The Labute approximate surface area is 180 Å². The van der Waals surface area contributed by atoms with Crippen molar-refractivity contribution in [1.82, 2.24) is 10.2 Å². The van der Waals surface area contributed by atoms with E-state index in [1.165, 1.54) is 0 Å². The molecule has 0 unspecified atom stereocenters. The Morgan fingerprint density at radius 2 is 1.84 bits per heavy atom. The quantitative estimate of drug-likeness (QED) is 0.445. The number of aromatic amines is 1. The molecule has 1 aromatic heterocycles. The lowest BCUT2D eigenvalue weighted by atomic mass is 10.1. The van der Waals surface area contributed by atoms with Gasteiger partial charge in [-0.25, -0.2) is 0 Å². The number of H-pyrrole nitrogens is 1. The summed E-state index contributed by atoms with van der Waals surface area (Å²) in [5, 5.41) is 19.2. The van der Waals surface area contributed by atoms with E-state index in [0.717, 1.165) is 29.8 Å². The molecular weight excluding hydrogens is 421 g/mol. The zero-order valence-corrected chi connectivity index (χ0v) is 16.4. The van der Waals surface area contributed by atoms with Crippen molar-refractivity contribution in [2.24, 2.45) is 0 Å². The van der Waals surface area contributed by atoms with E-state index in [-0.39, 0.29) is 18.0 Å². The van der Waals surface area contributed by atoms with Crippen molar-refractivity contribution in [3.63, 3.8) is 0 Å². The highest BCUT2D eigenvalue weighted by Crippen LogP contribution is 2.30. The number of nitrogens with one attached hydrogen (secondary N) is 2. The summed E-state index contributed by atoms with van der Waals surface area (Å²) in [5.41, 5.74) is 1.12. The Balaban J connectivity index is 1.51. The summed E-state index contributed by atoms with van der Waals surface area (Å²) in [6.45, 7) is 0.181. The van der Waals surface area contributed by atoms with Crippen LogP contribution in [0.5, 0.6) is 5.75 Å². The summed E-state index contributed by atoms with van der Waals surface area (Å²) in [6.07, 6.45) is -4.47. The number of rotatable bonds is 5. The minimum absolute atomic E-state index is 0.0645. The van der Waals surface area contributed by atoms with E-state index in [4.69, 9.17) is 4.74 Å². The second kappa shape index (κ2) is 8.43. The van der Waals surface area contributed by atoms with Gasteiger partial charge in [0.05, 0.1) is 22.7 Å². The average Bonchev–Trinajstić information content (AvgIpc) is 3.19. The molecule has 32 heavy (non-hydrogen) atoms. The molecule has 0 atom stereocenters. The summed E-state index contributed by atoms with van der Waals surface area (Å²) in [4.78, 5) is 12.5. The van der Waals surface area contributed by atoms with Crippen LogP contribution in [0.25, 0.3) is 10.9 Å². The number of benzene rings is 3. The number of halogens is 3. The first kappa shape index (κ1) is 20.9. The zero-order chi connectivity index (χ0) is 22.7. The highest BCUT2D eigenvalue weighted by molar-refractivity contribution is 6.08. The molecule has 1 heterocycles. The lowest BCUT2D eigenvalue weighted by Gasteiger charge is -2.09. The third-order valence-corrected chi connectivity index (χ3v) is 4.77. The van der Waals surface area contributed by atoms with Gasteiger partial charge in [0.2, 0.25) is 0 Å². The van der Waals surface area contributed by atoms with E-state index in [2.05, 4.69) is 21.6 Å². The predicted octanol–water partition coefficient (Wildman–Crippen LogP) is 5.28. The molecule has 160 valence electrons. The number of anilines is 1. The summed E-state index contributed by atoms with van der Waals surface area (Å²) in [5.74, 6) is 0.117. The van der Waals surface area contributed by atoms with Gasteiger partial charge in [-0.2, -0.15) is 23.5 Å². The van der Waals surface area contributed by atoms with E-state index in [1.54, 1.807) is 36.4 Å². The molecule has 0 saturated carbocycles. The maximum Gasteiger partial charge on any atom is 0.416 e. The molecule has 2 N–H and O–H groups in total. The van der Waals surface area contributed by atoms with Crippen LogP contribution >= 0.6 is 0 Å². The minimum atomic E-state index is -4.47. The number of nitrogens with zero attached hydrogens (tertiary/aromatic N) is 2. The lowest BCUT2D eigenvalue weighted by molar-refractivity contribution is -0.137. The standard InChI is InChI=1S/C23H15F3N4O2/c24-23(25,26)17-7-5-14(6-8-17)22(31)28-21-19-11-18(9-10-20(19)29-30-21)32-13-16-4-2-1-3-15(16)12-27/h1-11H,13H2,(H2,28,29,30,31). The lowest BCUT2D eigenvalue weighted by Crippen LogP contribution is -2.13. The Bertz CT molecular complexity index is 1320. The van der Waals surface area contributed by atoms with Gasteiger partial charge in [-0.1, -0.05) is 18.2 Å². The normalized spacial score (nSPS) is 11.2. The first-order valence-corrected chi connectivity index (χ1v) is 9.42. The van der Waals surface area contributed by atoms with Crippen LogP contribution in [0.1, 0.15) is 27.0 Å². The van der Waals surface area contributed by atoms with Crippen molar-refractivity contribution < 1.29 is 22.7 Å². The molecule has 6 nitrogen and oxygen atoms in total. The molecule has 0 fully saturated rings. The summed E-state index contributed by atoms with van der Waals surface area (Å²) in [6, 6.07) is 18.2. The smallest absolute Gasteiger partial charge is 0.416 e. The molecule has 0 bridgehead atoms. The third kappa shape index (κ3) is 4.39. The number of nitriles is 1. The number of amides is 1. The van der Waals surface area contributed by atoms with E-state index in [9.17, 15) is 23.2 Å². The van der Waals surface area contributed by atoms with Gasteiger partial charge in [0.25, 0.3) is 5.91 Å². The van der Waals surface area contributed by atoms with Gasteiger partial charge in [-0.05, 0) is 48.5 Å². The topological polar surface area (TPSA) is 90.8 Å². The number of hydrogen-bond acceptors (Lipinski definition) is 4. The van der Waals surface area contributed by atoms with Crippen LogP contribution in [0.15, 0.2) is 66.7 Å². The maximum absolute atomic E-state index is 12.7. The fraction of sp³-hybridized carbons (Fsp3) is 0.0870. The minimum Gasteiger partial charge on any atom is -0.489 e. The molecule has 3 aromatic carbocycles. The number of fused-ring (bicyclic) bond motifs is 1. The molecule has 0 radical (unpaired) electrons. The van der Waals surface area contributed by atoms with Crippen molar-refractivity contribution in [3.05, 3.63) is 89.0 Å². The zero-order valence-electron chi connectivity index (χ0n) is 16.4. The van der Waals surface area contributed by atoms with Crippen molar-refractivity contribution in [2.45, 2.75) is 12.8 Å². The maximum atomic E-state index is 12.7. The van der Waals surface area contributed by atoms with Crippen LogP contribution in [-0.4, -0.2) is 16.1 Å². The predicted molar refractivity (Wildman–Crippen MR) is 111 cm³/mol. The highest BCUT2D eigenvalue weighted by atomic mass is 19.4. The fourth-order valence-corrected chi connectivity index (χ4v) is 3.08. The van der Waals surface area contributed by atoms with Gasteiger partial charge in [-0.3, -0.25) is 9.89 Å². The van der Waals surface area contributed by atoms with Gasteiger partial charge < -0.3 is 10.1 Å². The van der Waals surface area contributed by atoms with Crippen LogP contribution in [0.3, 0.4) is 0 Å². The molecule has 9 heteroatoms. The number of carbonyl (C=O) groups is 1. The SMILES string of the molecule is N#Cc1ccccc1COc1ccc2[nH]nc(NC(=O)c3ccc(C(F)(F)F)cc3)c2c1. The number of ether oxygens (including phenoxy) is 1. The molecule has 0 aliphatic carbocycles. The third-order valence-electron chi connectivity index (χ3n) is 4.77. The molecule has 1 amide bonds. The van der Waals surface area contributed by atoms with Gasteiger partial charge >= 0.3 is 6.18 Å². The summed E-state index contributed by atoms with van der Waals surface area (Å²) < 4.78 is 43.9. The van der Waals surface area contributed by atoms with Crippen LogP contribution in [-0.2, 0) is 12.8 Å². The van der Waals surface area contributed by atoms with Crippen LogP contribution < -0.4 is 10.1 Å². The van der Waals surface area contributed by atoms with Crippen LogP contribution in [0.2, 0.25) is 0 Å². The van der Waals surface area contributed by atoms with Gasteiger partial charge in [0.15, 0.2) is 5.82 Å². The Hall–Kier alpha value is -4.32. The molecule has 0 spiro atoms. The Morgan fingerprint density at radius 3 is 2.56 bits per heavy atom. The largest absolute Gasteiger partial charge is 0.489 e. The molecule has 0 aliphatic rings. The number of alkyl halides is 3. The van der Waals surface area contributed by atoms with Gasteiger partial charge in [0.1, 0.15) is 12.4 Å². The molecule has 4 rings (SSSR count). The molecule has 0 aliphatic heterocycles. The van der Waals surface area contributed by atoms with Crippen molar-refractivity contribution in [1.29, 1.82) is 5.26 Å².